The van der Waals surface area contributed by atoms with Crippen molar-refractivity contribution in [1.82, 2.24) is 0 Å². The first kappa shape index (κ1) is 21.0. The largest absolute Gasteiger partial charge is 1.00 e. The summed E-state index contributed by atoms with van der Waals surface area (Å²) < 4.78 is 5.59. The fourth-order valence-electron chi connectivity index (χ4n) is 2.68. The van der Waals surface area contributed by atoms with E-state index in [9.17, 15) is 4.79 Å². The van der Waals surface area contributed by atoms with Crippen molar-refractivity contribution in [2.45, 2.75) is 41.0 Å². The first-order valence-electron chi connectivity index (χ1n) is 8.05. The molecule has 0 radical (unpaired) electrons. The summed E-state index contributed by atoms with van der Waals surface area (Å²) in [6.07, 6.45) is 0.993. The van der Waals surface area contributed by atoms with E-state index in [2.05, 4.69) is 33.8 Å². The van der Waals surface area contributed by atoms with Crippen LogP contribution in [0.4, 0.5) is 0 Å². The monoisotopic (exact) mass is 336 g/mol. The van der Waals surface area contributed by atoms with Crippen molar-refractivity contribution in [3.05, 3.63) is 58.1 Å². The normalized spacial score (nSPS) is 10.7. The van der Waals surface area contributed by atoms with Gasteiger partial charge < -0.3 is 6.16 Å². The summed E-state index contributed by atoms with van der Waals surface area (Å²) in [6.45, 7) is 11.1. The van der Waals surface area contributed by atoms with Gasteiger partial charge in [-0.15, -0.1) is 0 Å². The van der Waals surface area contributed by atoms with Gasteiger partial charge in [-0.3, -0.25) is 4.79 Å². The minimum absolute atomic E-state index is 0. The fourth-order valence-corrected chi connectivity index (χ4v) is 3.79. The van der Waals surface area contributed by atoms with Crippen LogP contribution < -0.4 is 28.9 Å². The summed E-state index contributed by atoms with van der Waals surface area (Å²) >= 11 is 0. The maximum Gasteiger partial charge on any atom is 1.00 e. The summed E-state index contributed by atoms with van der Waals surface area (Å²) in [4.78, 5) is 12.8. The molecule has 2 aromatic carbocycles. The van der Waals surface area contributed by atoms with E-state index in [0.29, 0.717) is 0 Å². The minimum Gasteiger partial charge on any atom is -1.00 e. The van der Waals surface area contributed by atoms with Crippen LogP contribution in [0.3, 0.4) is 0 Å². The van der Waals surface area contributed by atoms with E-state index in [4.69, 9.17) is 4.74 Å². The number of ether oxygens (including phenoxy) is 1. The smallest absolute Gasteiger partial charge is 1.00 e. The van der Waals surface area contributed by atoms with E-state index in [0.717, 1.165) is 40.8 Å². The van der Waals surface area contributed by atoms with Crippen molar-refractivity contribution in [2.24, 2.45) is 0 Å². The Balaban J connectivity index is 0.00000288. The van der Waals surface area contributed by atoms with Crippen LogP contribution in [0.15, 0.2) is 30.3 Å². The van der Waals surface area contributed by atoms with Crippen LogP contribution in [-0.2, 0) is 0 Å². The number of aryl methyl sites for hydroxylation is 2. The third kappa shape index (κ3) is 4.97. The quantitative estimate of drug-likeness (QED) is 0.596. The predicted octanol–water partition coefficient (Wildman–Crippen LogP) is 1.97. The third-order valence-electron chi connectivity index (χ3n) is 4.17. The summed E-state index contributed by atoms with van der Waals surface area (Å²) in [5, 5.41) is 1.05. The van der Waals surface area contributed by atoms with Crippen molar-refractivity contribution >= 4 is 19.4 Å². The summed E-state index contributed by atoms with van der Waals surface area (Å²) in [7, 11) is 0.146. The van der Waals surface area contributed by atoms with E-state index in [1.807, 2.05) is 31.2 Å². The number of carbonyl (C=O) groups excluding carboxylic acids is 1. The molecule has 0 saturated heterocycles. The number of rotatable bonds is 6. The Hall–Kier alpha value is -1.06. The molecular weight excluding hydrogens is 310 g/mol. The molecule has 0 aliphatic rings. The van der Waals surface area contributed by atoms with Crippen LogP contribution in [0, 0.1) is 27.7 Å². The van der Waals surface area contributed by atoms with Crippen molar-refractivity contribution in [3.8, 4) is 5.75 Å². The van der Waals surface area contributed by atoms with Crippen LogP contribution in [0.2, 0.25) is 0 Å². The molecule has 0 aromatic heterocycles. The molecule has 2 rings (SSSR count). The van der Waals surface area contributed by atoms with Gasteiger partial charge >= 0.3 is 18.9 Å². The average Bonchev–Trinajstić information content (AvgIpc) is 2.52. The van der Waals surface area contributed by atoms with Crippen LogP contribution in [-0.4, -0.2) is 12.1 Å². The number of benzene rings is 2. The molecule has 0 bridgehead atoms. The Morgan fingerprint density at radius 3 is 2.25 bits per heavy atom. The molecule has 0 aliphatic carbocycles. The first-order chi connectivity index (χ1) is 10.9. The molecule has 2 nitrogen and oxygen atoms in total. The Morgan fingerprint density at radius 1 is 1.04 bits per heavy atom. The van der Waals surface area contributed by atoms with Crippen LogP contribution in [0.25, 0.3) is 0 Å². The molecule has 0 spiro atoms. The van der Waals surface area contributed by atoms with Gasteiger partial charge in [-0.1, -0.05) is 25.1 Å². The molecule has 0 amide bonds. The van der Waals surface area contributed by atoms with E-state index in [-0.39, 0.29) is 34.4 Å². The zero-order valence-electron chi connectivity index (χ0n) is 16.6. The van der Waals surface area contributed by atoms with E-state index < -0.39 is 0 Å². The van der Waals surface area contributed by atoms with Gasteiger partial charge in [-0.05, 0) is 82.4 Å². The third-order valence-corrected chi connectivity index (χ3v) is 5.27. The van der Waals surface area contributed by atoms with Crippen LogP contribution in [0.1, 0.15) is 47.4 Å². The Morgan fingerprint density at radius 2 is 1.67 bits per heavy atom. The van der Waals surface area contributed by atoms with Crippen molar-refractivity contribution < 1.29 is 29.8 Å². The van der Waals surface area contributed by atoms with Gasteiger partial charge in [0.2, 0.25) is 0 Å². The second-order valence-corrected chi connectivity index (χ2v) is 7.24. The second-order valence-electron chi connectivity index (χ2n) is 5.96. The van der Waals surface area contributed by atoms with Crippen LogP contribution in [0.5, 0.6) is 5.75 Å². The molecule has 0 N–H and O–H groups in total. The van der Waals surface area contributed by atoms with Gasteiger partial charge in [0, 0.05) is 5.56 Å². The van der Waals surface area contributed by atoms with Gasteiger partial charge in [-0.25, -0.2) is 0 Å². The molecular formula is C20H26LiO2P. The average molecular weight is 336 g/mol. The summed E-state index contributed by atoms with van der Waals surface area (Å²) in [6, 6.07) is 10.00. The first-order valence-corrected chi connectivity index (χ1v) is 9.05. The van der Waals surface area contributed by atoms with Crippen molar-refractivity contribution in [2.75, 3.05) is 6.61 Å². The van der Waals surface area contributed by atoms with Gasteiger partial charge in [0.05, 0.1) is 6.61 Å². The molecule has 2 aromatic rings. The topological polar surface area (TPSA) is 26.3 Å². The van der Waals surface area contributed by atoms with E-state index in [1.54, 1.807) is 0 Å². The zero-order chi connectivity index (χ0) is 17.0. The summed E-state index contributed by atoms with van der Waals surface area (Å²) in [5.41, 5.74) is 5.75. The molecule has 0 aliphatic heterocycles. The Bertz CT molecular complexity index is 715. The Kier molecular flexibility index (Phi) is 8.24. The predicted molar refractivity (Wildman–Crippen MR) is 101 cm³/mol. The molecule has 1 atom stereocenters. The number of carbonyl (C=O) groups is 1. The molecule has 124 valence electrons. The molecule has 1 unspecified atom stereocenters. The van der Waals surface area contributed by atoms with E-state index >= 15 is 0 Å². The van der Waals surface area contributed by atoms with Gasteiger partial charge in [-0.2, -0.15) is 0 Å². The summed E-state index contributed by atoms with van der Waals surface area (Å²) in [5.74, 6) is 0.867. The second kappa shape index (κ2) is 9.43. The Labute approximate surface area is 160 Å². The van der Waals surface area contributed by atoms with Gasteiger partial charge in [0.1, 0.15) is 5.75 Å². The number of hydrogen-bond donors (Lipinski definition) is 0. The molecule has 24 heavy (non-hydrogen) atoms. The SMILES string of the molecule is CCCOc1ccc(PC(=O)c2c(C)cc(C)c(C)c2C)cc1.[H-].[Li+]. The molecule has 0 heterocycles. The minimum atomic E-state index is 0. The van der Waals surface area contributed by atoms with Gasteiger partial charge in [0.25, 0.3) is 0 Å². The van der Waals surface area contributed by atoms with E-state index in [1.165, 1.54) is 11.1 Å². The maximum absolute atomic E-state index is 12.8. The number of hydrogen-bond acceptors (Lipinski definition) is 2. The molecule has 4 heteroatoms. The van der Waals surface area contributed by atoms with Crippen molar-refractivity contribution in [1.29, 1.82) is 0 Å². The molecule has 0 saturated carbocycles. The maximum atomic E-state index is 12.8. The van der Waals surface area contributed by atoms with Gasteiger partial charge in [0.15, 0.2) is 5.52 Å². The standard InChI is InChI=1S/C20H25O2P.Li.H/c1-6-11-22-17-7-9-18(10-8-17)23-20(21)19-14(3)12-13(2)15(4)16(19)5;;/h7-10,12,23H,6,11H2,1-5H3;;/q;+1;-1. The fraction of sp³-hybridized carbons (Fsp3) is 0.350. The van der Waals surface area contributed by atoms with Crippen molar-refractivity contribution in [3.63, 3.8) is 0 Å². The van der Waals surface area contributed by atoms with Crippen LogP contribution >= 0.6 is 8.58 Å². The molecule has 0 fully saturated rings. The zero-order valence-corrected chi connectivity index (χ0v) is 16.6.